The molecule has 0 heterocycles. The van der Waals surface area contributed by atoms with Gasteiger partial charge in [-0.1, -0.05) is 17.7 Å². The zero-order valence-electron chi connectivity index (χ0n) is 9.51. The lowest BCUT2D eigenvalue weighted by molar-refractivity contribution is -0.116. The number of amides is 1. The summed E-state index contributed by atoms with van der Waals surface area (Å²) in [5, 5.41) is 0. The molecule has 2 nitrogen and oxygen atoms in total. The lowest BCUT2D eigenvalue weighted by Crippen LogP contribution is -2.24. The van der Waals surface area contributed by atoms with Crippen molar-refractivity contribution in [2.24, 2.45) is 0 Å². The van der Waals surface area contributed by atoms with Crippen LogP contribution in [0.5, 0.6) is 0 Å². The summed E-state index contributed by atoms with van der Waals surface area (Å²) in [4.78, 5) is 13.0. The van der Waals surface area contributed by atoms with Gasteiger partial charge in [0.1, 0.15) is 0 Å². The summed E-state index contributed by atoms with van der Waals surface area (Å²) in [6, 6.07) is 4.20. The quantitative estimate of drug-likeness (QED) is 0.668. The van der Waals surface area contributed by atoms with Crippen LogP contribution in [0, 0.1) is 20.8 Å². The molecule has 0 radical (unpaired) electrons. The summed E-state index contributed by atoms with van der Waals surface area (Å²) in [6.07, 6.45) is 0. The zero-order chi connectivity index (χ0) is 10.9. The van der Waals surface area contributed by atoms with Crippen LogP contribution in [0.15, 0.2) is 12.1 Å². The summed E-state index contributed by atoms with van der Waals surface area (Å²) in [5.41, 5.74) is 4.57. The van der Waals surface area contributed by atoms with Crippen LogP contribution in [0.2, 0.25) is 0 Å². The van der Waals surface area contributed by atoms with E-state index in [4.69, 9.17) is 0 Å². The first-order chi connectivity index (χ1) is 6.43. The van der Waals surface area contributed by atoms with Crippen LogP contribution in [-0.2, 0) is 4.79 Å². The molecule has 0 fully saturated rings. The van der Waals surface area contributed by atoms with Crippen LogP contribution in [0.1, 0.15) is 23.6 Å². The average molecular weight is 191 g/mol. The van der Waals surface area contributed by atoms with Crippen LogP contribution in [-0.4, -0.2) is 13.0 Å². The molecule has 0 saturated heterocycles. The molecule has 0 N–H and O–H groups in total. The minimum Gasteiger partial charge on any atom is -0.315 e. The summed E-state index contributed by atoms with van der Waals surface area (Å²) >= 11 is 0. The lowest BCUT2D eigenvalue weighted by Gasteiger charge is -2.20. The molecule has 1 rings (SSSR count). The third-order valence-electron chi connectivity index (χ3n) is 2.44. The zero-order valence-corrected chi connectivity index (χ0v) is 9.51. The smallest absolute Gasteiger partial charge is 0.223 e. The van der Waals surface area contributed by atoms with Gasteiger partial charge in [-0.3, -0.25) is 4.79 Å². The van der Waals surface area contributed by atoms with Crippen molar-refractivity contribution in [3.05, 3.63) is 28.8 Å². The fraction of sp³-hybridized carbons (Fsp3) is 0.417. The minimum atomic E-state index is 0.0695. The summed E-state index contributed by atoms with van der Waals surface area (Å²) < 4.78 is 0. The van der Waals surface area contributed by atoms with Crippen LogP contribution in [0.3, 0.4) is 0 Å². The van der Waals surface area contributed by atoms with Crippen molar-refractivity contribution < 1.29 is 4.79 Å². The highest BCUT2D eigenvalue weighted by Gasteiger charge is 2.11. The highest BCUT2D eigenvalue weighted by atomic mass is 16.2. The molecule has 0 aliphatic carbocycles. The molecule has 0 aliphatic rings. The lowest BCUT2D eigenvalue weighted by atomic mass is 10.0. The number of nitrogens with zero attached hydrogens (tertiary/aromatic N) is 1. The number of carbonyl (C=O) groups excluding carboxylic acids is 1. The Balaban J connectivity index is 3.27. The number of benzene rings is 1. The van der Waals surface area contributed by atoms with Gasteiger partial charge in [0.15, 0.2) is 0 Å². The minimum absolute atomic E-state index is 0.0695. The van der Waals surface area contributed by atoms with Crippen molar-refractivity contribution in [1.29, 1.82) is 0 Å². The van der Waals surface area contributed by atoms with Crippen molar-refractivity contribution >= 4 is 11.6 Å². The predicted molar refractivity (Wildman–Crippen MR) is 59.7 cm³/mol. The molecule has 0 saturated carbocycles. The molecule has 2 heteroatoms. The van der Waals surface area contributed by atoms with E-state index in [1.807, 2.05) is 20.9 Å². The second-order valence-electron chi connectivity index (χ2n) is 3.83. The van der Waals surface area contributed by atoms with Crippen molar-refractivity contribution in [3.63, 3.8) is 0 Å². The molecule has 0 unspecified atom stereocenters. The van der Waals surface area contributed by atoms with Gasteiger partial charge in [0, 0.05) is 19.7 Å². The fourth-order valence-corrected chi connectivity index (χ4v) is 1.86. The highest BCUT2D eigenvalue weighted by Crippen LogP contribution is 2.25. The van der Waals surface area contributed by atoms with E-state index in [2.05, 4.69) is 19.1 Å². The average Bonchev–Trinajstić information content (AvgIpc) is 2.01. The molecule has 0 bridgehead atoms. The van der Waals surface area contributed by atoms with Crippen molar-refractivity contribution in [3.8, 4) is 0 Å². The topological polar surface area (TPSA) is 20.3 Å². The number of rotatable bonds is 1. The molecule has 0 spiro atoms. The van der Waals surface area contributed by atoms with Crippen molar-refractivity contribution in [2.45, 2.75) is 27.7 Å². The van der Waals surface area contributed by atoms with Crippen LogP contribution < -0.4 is 4.90 Å². The molecule has 1 aromatic carbocycles. The van der Waals surface area contributed by atoms with Crippen LogP contribution in [0.25, 0.3) is 0 Å². The molecular formula is C12H17NO. The van der Waals surface area contributed by atoms with E-state index in [0.717, 1.165) is 16.8 Å². The molecule has 0 aromatic heterocycles. The van der Waals surface area contributed by atoms with Gasteiger partial charge in [0.25, 0.3) is 0 Å². The van der Waals surface area contributed by atoms with Gasteiger partial charge < -0.3 is 4.90 Å². The van der Waals surface area contributed by atoms with Gasteiger partial charge in [-0.05, 0) is 31.9 Å². The summed E-state index contributed by atoms with van der Waals surface area (Å²) in [5.74, 6) is 0.0695. The Labute approximate surface area is 85.5 Å². The van der Waals surface area contributed by atoms with E-state index in [1.54, 1.807) is 11.8 Å². The Bertz CT molecular complexity index is 346. The van der Waals surface area contributed by atoms with E-state index >= 15 is 0 Å². The standard InChI is InChI=1S/C12H17NO/c1-8-6-9(2)12(10(3)7-8)13(5)11(4)14/h6-7H,1-5H3. The fourth-order valence-electron chi connectivity index (χ4n) is 1.86. The van der Waals surface area contributed by atoms with E-state index in [-0.39, 0.29) is 5.91 Å². The number of carbonyl (C=O) groups is 1. The molecule has 14 heavy (non-hydrogen) atoms. The third kappa shape index (κ3) is 1.95. The van der Waals surface area contributed by atoms with E-state index in [1.165, 1.54) is 5.56 Å². The first-order valence-electron chi connectivity index (χ1n) is 4.75. The number of aryl methyl sites for hydroxylation is 3. The molecular weight excluding hydrogens is 174 g/mol. The van der Waals surface area contributed by atoms with Crippen molar-refractivity contribution in [2.75, 3.05) is 11.9 Å². The molecule has 0 atom stereocenters. The number of hydrogen-bond donors (Lipinski definition) is 0. The first kappa shape index (κ1) is 10.8. The van der Waals surface area contributed by atoms with Gasteiger partial charge in [-0.25, -0.2) is 0 Å². The molecule has 1 amide bonds. The molecule has 1 aromatic rings. The maximum Gasteiger partial charge on any atom is 0.223 e. The molecule has 0 aliphatic heterocycles. The van der Waals surface area contributed by atoms with Gasteiger partial charge in [-0.15, -0.1) is 0 Å². The van der Waals surface area contributed by atoms with Gasteiger partial charge in [-0.2, -0.15) is 0 Å². The first-order valence-corrected chi connectivity index (χ1v) is 4.75. The van der Waals surface area contributed by atoms with Crippen LogP contribution in [0.4, 0.5) is 5.69 Å². The third-order valence-corrected chi connectivity index (χ3v) is 2.44. The molecule has 76 valence electrons. The normalized spacial score (nSPS) is 10.1. The van der Waals surface area contributed by atoms with Crippen molar-refractivity contribution in [1.82, 2.24) is 0 Å². The Morgan fingerprint density at radius 1 is 1.14 bits per heavy atom. The maximum absolute atomic E-state index is 11.3. The Hall–Kier alpha value is -1.31. The van der Waals surface area contributed by atoms with E-state index in [0.29, 0.717) is 0 Å². The SMILES string of the molecule is CC(=O)N(C)c1c(C)cc(C)cc1C. The Kier molecular flexibility index (Phi) is 2.94. The second kappa shape index (κ2) is 3.82. The number of hydrogen-bond acceptors (Lipinski definition) is 1. The summed E-state index contributed by atoms with van der Waals surface area (Å²) in [6.45, 7) is 7.72. The van der Waals surface area contributed by atoms with Gasteiger partial charge in [0.2, 0.25) is 5.91 Å². The van der Waals surface area contributed by atoms with Gasteiger partial charge >= 0.3 is 0 Å². The Morgan fingerprint density at radius 3 is 1.93 bits per heavy atom. The highest BCUT2D eigenvalue weighted by molar-refractivity contribution is 5.92. The van der Waals surface area contributed by atoms with E-state index < -0.39 is 0 Å². The maximum atomic E-state index is 11.3. The predicted octanol–water partition coefficient (Wildman–Crippen LogP) is 2.59. The monoisotopic (exact) mass is 191 g/mol. The largest absolute Gasteiger partial charge is 0.315 e. The second-order valence-corrected chi connectivity index (χ2v) is 3.83. The number of anilines is 1. The Morgan fingerprint density at radius 2 is 1.57 bits per heavy atom. The van der Waals surface area contributed by atoms with Crippen LogP contribution >= 0.6 is 0 Å². The van der Waals surface area contributed by atoms with Gasteiger partial charge in [0.05, 0.1) is 0 Å². The van der Waals surface area contributed by atoms with E-state index in [9.17, 15) is 4.79 Å². The summed E-state index contributed by atoms with van der Waals surface area (Å²) in [7, 11) is 1.81.